The second-order valence-electron chi connectivity index (χ2n) is 4.63. The quantitative estimate of drug-likeness (QED) is 0.495. The number of unbranched alkanes of at least 4 members (excludes halogenated alkanes) is 1. The Morgan fingerprint density at radius 3 is 2.77 bits per heavy atom. The molecular weight excluding hydrogens is 308 g/mol. The van der Waals surface area contributed by atoms with Crippen molar-refractivity contribution in [1.82, 2.24) is 4.89 Å². The summed E-state index contributed by atoms with van der Waals surface area (Å²) in [7, 11) is -3.92. The summed E-state index contributed by atoms with van der Waals surface area (Å²) < 4.78 is 29.5. The first-order chi connectivity index (χ1) is 10.5. The molecule has 8 heteroatoms. The number of nitrogens with one attached hydrogen (secondary N) is 1. The van der Waals surface area contributed by atoms with Crippen molar-refractivity contribution in [3.8, 4) is 5.75 Å². The van der Waals surface area contributed by atoms with E-state index in [2.05, 4.69) is 4.84 Å². The third-order valence-corrected chi connectivity index (χ3v) is 3.88. The molecule has 0 unspecified atom stereocenters. The summed E-state index contributed by atoms with van der Waals surface area (Å²) in [6, 6.07) is 5.98. The van der Waals surface area contributed by atoms with Gasteiger partial charge in [-0.3, -0.25) is 4.79 Å². The molecule has 1 rings (SSSR count). The predicted molar refractivity (Wildman–Crippen MR) is 81.5 cm³/mol. The Labute approximate surface area is 130 Å². The largest absolute Gasteiger partial charge is 0.494 e. The van der Waals surface area contributed by atoms with Crippen LogP contribution in [0.5, 0.6) is 5.75 Å². The zero-order valence-electron chi connectivity index (χ0n) is 12.6. The molecule has 0 saturated heterocycles. The van der Waals surface area contributed by atoms with Gasteiger partial charge in [0.25, 0.3) is 10.0 Å². The zero-order valence-corrected chi connectivity index (χ0v) is 13.4. The van der Waals surface area contributed by atoms with Crippen LogP contribution in [0.25, 0.3) is 0 Å². The van der Waals surface area contributed by atoms with Crippen LogP contribution in [0.1, 0.15) is 32.6 Å². The van der Waals surface area contributed by atoms with Gasteiger partial charge in [0.05, 0.1) is 11.5 Å². The molecule has 7 nitrogen and oxygen atoms in total. The highest BCUT2D eigenvalue weighted by Crippen LogP contribution is 2.17. The van der Waals surface area contributed by atoms with Gasteiger partial charge in [0, 0.05) is 12.5 Å². The van der Waals surface area contributed by atoms with E-state index in [1.807, 2.05) is 4.89 Å². The van der Waals surface area contributed by atoms with Crippen molar-refractivity contribution in [2.24, 2.45) is 5.73 Å². The maximum absolute atomic E-state index is 12.0. The van der Waals surface area contributed by atoms with Gasteiger partial charge in [0.2, 0.25) is 0 Å². The van der Waals surface area contributed by atoms with Crippen molar-refractivity contribution >= 4 is 16.0 Å². The van der Waals surface area contributed by atoms with Crippen molar-refractivity contribution in [3.63, 3.8) is 0 Å². The first kappa shape index (κ1) is 18.4. The summed E-state index contributed by atoms with van der Waals surface area (Å²) >= 11 is 0. The molecule has 0 spiro atoms. The van der Waals surface area contributed by atoms with E-state index >= 15 is 0 Å². The topological polar surface area (TPSA) is 108 Å². The lowest BCUT2D eigenvalue weighted by Gasteiger charge is -2.09. The first-order valence-corrected chi connectivity index (χ1v) is 8.62. The van der Waals surface area contributed by atoms with Crippen LogP contribution in [0.3, 0.4) is 0 Å². The van der Waals surface area contributed by atoms with Crippen LogP contribution in [0.4, 0.5) is 0 Å². The van der Waals surface area contributed by atoms with E-state index in [1.54, 1.807) is 19.1 Å². The molecule has 0 atom stereocenters. The Morgan fingerprint density at radius 2 is 2.09 bits per heavy atom. The molecule has 0 aliphatic rings. The van der Waals surface area contributed by atoms with Crippen LogP contribution in [0.2, 0.25) is 0 Å². The molecule has 0 aliphatic heterocycles. The Hall–Kier alpha value is -1.64. The fourth-order valence-electron chi connectivity index (χ4n) is 1.57. The van der Waals surface area contributed by atoms with E-state index < -0.39 is 16.0 Å². The zero-order chi connectivity index (χ0) is 16.4. The highest BCUT2D eigenvalue weighted by Gasteiger charge is 2.17. The van der Waals surface area contributed by atoms with E-state index in [9.17, 15) is 13.2 Å². The van der Waals surface area contributed by atoms with E-state index in [-0.39, 0.29) is 11.3 Å². The Bertz CT molecular complexity index is 574. The van der Waals surface area contributed by atoms with Gasteiger partial charge in [-0.25, -0.2) is 8.42 Å². The predicted octanol–water partition coefficient (Wildman–Crippen LogP) is 1.34. The lowest BCUT2D eigenvalue weighted by atomic mass is 10.3. The molecule has 3 N–H and O–H groups in total. The van der Waals surface area contributed by atoms with Gasteiger partial charge >= 0.3 is 5.97 Å². The SMILES string of the molecule is CCCC(=O)ONS(=O)(=O)c1cccc(OCCCCN)c1. The second kappa shape index (κ2) is 9.39. The van der Waals surface area contributed by atoms with Crippen LogP contribution in [-0.2, 0) is 19.7 Å². The first-order valence-electron chi connectivity index (χ1n) is 7.14. The molecule has 1 aromatic rings. The Kier molecular flexibility index (Phi) is 7.86. The smallest absolute Gasteiger partial charge is 0.326 e. The number of ether oxygens (including phenoxy) is 1. The number of hydrogen-bond acceptors (Lipinski definition) is 6. The van der Waals surface area contributed by atoms with Gasteiger partial charge in [-0.05, 0) is 42.8 Å². The van der Waals surface area contributed by atoms with Crippen LogP contribution in [0.15, 0.2) is 29.2 Å². The highest BCUT2D eigenvalue weighted by atomic mass is 32.2. The summed E-state index contributed by atoms with van der Waals surface area (Å²) in [4.78, 5) is 17.5. The molecule has 0 saturated carbocycles. The lowest BCUT2D eigenvalue weighted by molar-refractivity contribution is -0.147. The molecule has 0 fully saturated rings. The minimum absolute atomic E-state index is 0.0341. The molecule has 0 bridgehead atoms. The monoisotopic (exact) mass is 330 g/mol. The van der Waals surface area contributed by atoms with Crippen molar-refractivity contribution in [2.75, 3.05) is 13.2 Å². The number of rotatable bonds is 10. The van der Waals surface area contributed by atoms with Crippen LogP contribution in [-0.4, -0.2) is 27.5 Å². The average molecular weight is 330 g/mol. The fourth-order valence-corrected chi connectivity index (χ4v) is 2.40. The van der Waals surface area contributed by atoms with Crippen molar-refractivity contribution in [1.29, 1.82) is 0 Å². The average Bonchev–Trinajstić information content (AvgIpc) is 2.50. The second-order valence-corrected chi connectivity index (χ2v) is 6.27. The van der Waals surface area contributed by atoms with Gasteiger partial charge < -0.3 is 15.3 Å². The third-order valence-electron chi connectivity index (χ3n) is 2.70. The molecule has 1 aromatic carbocycles. The maximum atomic E-state index is 12.0. The summed E-state index contributed by atoms with van der Waals surface area (Å²) in [6.45, 7) is 2.84. The van der Waals surface area contributed by atoms with E-state index in [0.29, 0.717) is 25.3 Å². The normalized spacial score (nSPS) is 11.2. The highest BCUT2D eigenvalue weighted by molar-refractivity contribution is 7.89. The van der Waals surface area contributed by atoms with Gasteiger partial charge in [-0.1, -0.05) is 13.0 Å². The summed E-state index contributed by atoms with van der Waals surface area (Å²) in [5.41, 5.74) is 5.38. The Morgan fingerprint density at radius 1 is 1.32 bits per heavy atom. The van der Waals surface area contributed by atoms with Crippen LogP contribution in [0, 0.1) is 0 Å². The fraction of sp³-hybridized carbons (Fsp3) is 0.500. The number of benzene rings is 1. The van der Waals surface area contributed by atoms with Crippen molar-refractivity contribution < 1.29 is 22.8 Å². The molecule has 0 aliphatic carbocycles. The van der Waals surface area contributed by atoms with E-state index in [4.69, 9.17) is 10.5 Å². The molecular formula is C14H22N2O5S. The third kappa shape index (κ3) is 6.42. The van der Waals surface area contributed by atoms with E-state index in [1.165, 1.54) is 12.1 Å². The molecule has 0 amide bonds. The minimum Gasteiger partial charge on any atom is -0.494 e. The standard InChI is InChI=1S/C14H22N2O5S/c1-2-6-14(17)21-16-22(18,19)13-8-5-7-12(11-13)20-10-4-3-9-15/h5,7-8,11,16H,2-4,6,9-10,15H2,1H3. The van der Waals surface area contributed by atoms with Crippen LogP contribution < -0.4 is 15.4 Å². The molecule has 0 aromatic heterocycles. The van der Waals surface area contributed by atoms with Gasteiger partial charge in [0.15, 0.2) is 0 Å². The molecule has 0 radical (unpaired) electrons. The number of carbonyl (C=O) groups is 1. The number of nitrogens with two attached hydrogens (primary N) is 1. The van der Waals surface area contributed by atoms with Gasteiger partial charge in [-0.2, -0.15) is 0 Å². The van der Waals surface area contributed by atoms with Crippen molar-refractivity contribution in [2.45, 2.75) is 37.5 Å². The van der Waals surface area contributed by atoms with Gasteiger partial charge in [-0.15, -0.1) is 0 Å². The number of sulfonamides is 1. The summed E-state index contributed by atoms with van der Waals surface area (Å²) in [6.07, 6.45) is 2.35. The molecule has 0 heterocycles. The van der Waals surface area contributed by atoms with E-state index in [0.717, 1.165) is 12.8 Å². The summed E-state index contributed by atoms with van der Waals surface area (Å²) in [5.74, 6) is -0.194. The Balaban J connectivity index is 2.64. The molecule has 22 heavy (non-hydrogen) atoms. The summed E-state index contributed by atoms with van der Waals surface area (Å²) in [5, 5.41) is 0. The maximum Gasteiger partial charge on any atom is 0.326 e. The molecule has 124 valence electrons. The van der Waals surface area contributed by atoms with Crippen LogP contribution >= 0.6 is 0 Å². The van der Waals surface area contributed by atoms with Crippen molar-refractivity contribution in [3.05, 3.63) is 24.3 Å². The number of hydrogen-bond donors (Lipinski definition) is 2. The lowest BCUT2D eigenvalue weighted by Crippen LogP contribution is -2.27. The van der Waals surface area contributed by atoms with Gasteiger partial charge in [0.1, 0.15) is 5.75 Å². The minimum atomic E-state index is -3.92. The number of carbonyl (C=O) groups excluding carboxylic acids is 1.